The number of hydrogen-bond acceptors (Lipinski definition) is 3. The van der Waals surface area contributed by atoms with Gasteiger partial charge in [0.05, 0.1) is 0 Å². The Bertz CT molecular complexity index is 697. The number of carbonyl (C=O) groups is 1. The van der Waals surface area contributed by atoms with Crippen LogP contribution in [0.15, 0.2) is 18.3 Å². The smallest absolute Gasteiger partial charge is 0.407 e. The Morgan fingerprint density at radius 3 is 2.67 bits per heavy atom. The quantitative estimate of drug-likeness (QED) is 0.874. The Hall–Kier alpha value is -2.11. The molecule has 2 saturated heterocycles. The largest absolute Gasteiger partial charge is 0.465 e. The molecule has 0 radical (unpaired) electrons. The van der Waals surface area contributed by atoms with Gasteiger partial charge in [0.2, 0.25) is 0 Å². The van der Waals surface area contributed by atoms with E-state index >= 15 is 0 Å². The lowest BCUT2D eigenvalue weighted by Crippen LogP contribution is -2.46. The lowest BCUT2D eigenvalue weighted by Gasteiger charge is -2.38. The Kier molecular flexibility index (Phi) is 2.67. The van der Waals surface area contributed by atoms with Crippen LogP contribution in [-0.2, 0) is 0 Å². The van der Waals surface area contributed by atoms with Crippen molar-refractivity contribution in [1.82, 2.24) is 19.4 Å². The molecule has 2 aliphatic heterocycles. The number of amides is 1. The maximum Gasteiger partial charge on any atom is 0.407 e. The lowest BCUT2D eigenvalue weighted by atomic mass is 9.97. The molecule has 6 heteroatoms. The molecule has 0 spiro atoms. The van der Waals surface area contributed by atoms with E-state index in [9.17, 15) is 9.90 Å². The Morgan fingerprint density at radius 2 is 2.00 bits per heavy atom. The number of fused-ring (bicyclic) bond motifs is 3. The molecule has 0 saturated carbocycles. The van der Waals surface area contributed by atoms with Gasteiger partial charge in [-0.3, -0.25) is 0 Å². The van der Waals surface area contributed by atoms with Crippen molar-refractivity contribution in [3.8, 4) is 0 Å². The molecule has 2 aliphatic rings. The molecule has 2 bridgehead atoms. The fourth-order valence-corrected chi connectivity index (χ4v) is 4.15. The summed E-state index contributed by atoms with van der Waals surface area (Å²) in [6.45, 7) is 2.01. The number of piperidine rings is 1. The highest BCUT2D eigenvalue weighted by atomic mass is 16.4. The maximum absolute atomic E-state index is 11.4. The Balaban J connectivity index is 1.72. The van der Waals surface area contributed by atoms with E-state index in [1.54, 1.807) is 11.1 Å². The van der Waals surface area contributed by atoms with Gasteiger partial charge in [0.15, 0.2) is 5.65 Å². The summed E-state index contributed by atoms with van der Waals surface area (Å²) in [7, 11) is 0. The van der Waals surface area contributed by atoms with Crippen molar-refractivity contribution in [3.05, 3.63) is 24.2 Å². The first-order valence-corrected chi connectivity index (χ1v) is 7.46. The summed E-state index contributed by atoms with van der Waals surface area (Å²) in [5.74, 6) is 0.969. The van der Waals surface area contributed by atoms with Crippen LogP contribution in [0.3, 0.4) is 0 Å². The van der Waals surface area contributed by atoms with Crippen LogP contribution < -0.4 is 0 Å². The molecule has 0 aliphatic carbocycles. The van der Waals surface area contributed by atoms with Crippen LogP contribution in [0.4, 0.5) is 4.79 Å². The van der Waals surface area contributed by atoms with Crippen molar-refractivity contribution in [3.63, 3.8) is 0 Å². The minimum Gasteiger partial charge on any atom is -0.465 e. The van der Waals surface area contributed by atoms with Crippen LogP contribution >= 0.6 is 0 Å². The van der Waals surface area contributed by atoms with E-state index in [0.29, 0.717) is 6.04 Å². The van der Waals surface area contributed by atoms with Crippen LogP contribution in [0.1, 0.15) is 37.5 Å². The van der Waals surface area contributed by atoms with E-state index in [2.05, 4.69) is 14.5 Å². The summed E-state index contributed by atoms with van der Waals surface area (Å²) in [4.78, 5) is 22.1. The predicted octanol–water partition coefficient (Wildman–Crippen LogP) is 2.59. The highest BCUT2D eigenvalue weighted by Crippen LogP contribution is 2.41. The lowest BCUT2D eigenvalue weighted by molar-refractivity contribution is 0.0871. The second-order valence-corrected chi connectivity index (χ2v) is 6.08. The molecule has 2 aromatic heterocycles. The number of carboxylic acid groups (broad SMARTS) is 1. The van der Waals surface area contributed by atoms with Gasteiger partial charge >= 0.3 is 6.09 Å². The molecule has 6 nitrogen and oxygen atoms in total. The van der Waals surface area contributed by atoms with Gasteiger partial charge < -0.3 is 14.6 Å². The van der Waals surface area contributed by atoms with Crippen LogP contribution in [0.25, 0.3) is 11.2 Å². The summed E-state index contributed by atoms with van der Waals surface area (Å²) in [5.41, 5.74) is 1.84. The molecule has 1 unspecified atom stereocenters. The number of aromatic nitrogens is 3. The van der Waals surface area contributed by atoms with Crippen molar-refractivity contribution in [2.75, 3.05) is 0 Å². The number of nitrogens with zero attached hydrogens (tertiary/aromatic N) is 4. The standard InChI is InChI=1S/C15H18N4O2/c1-9-17-13-3-2-6-16-14(13)18(9)12-7-10-4-5-11(8-12)19(10)15(20)21/h2-3,6,10-12H,4-5,7-8H2,1H3,(H,20,21)/t10-,11+,12?. The van der Waals surface area contributed by atoms with Gasteiger partial charge in [-0.1, -0.05) is 0 Å². The van der Waals surface area contributed by atoms with E-state index in [-0.39, 0.29) is 12.1 Å². The van der Waals surface area contributed by atoms with Gasteiger partial charge in [-0.2, -0.15) is 0 Å². The van der Waals surface area contributed by atoms with E-state index in [4.69, 9.17) is 0 Å². The molecule has 4 heterocycles. The van der Waals surface area contributed by atoms with Crippen LogP contribution in [0.5, 0.6) is 0 Å². The summed E-state index contributed by atoms with van der Waals surface area (Å²) < 4.78 is 2.21. The van der Waals surface area contributed by atoms with Gasteiger partial charge in [0.25, 0.3) is 0 Å². The number of pyridine rings is 1. The molecule has 110 valence electrons. The summed E-state index contributed by atoms with van der Waals surface area (Å²) in [6.07, 6.45) is 4.71. The SMILES string of the molecule is Cc1nc2cccnc2n1C1C[C@H]2CC[C@@H](C1)N2C(=O)O. The first-order chi connectivity index (χ1) is 10.1. The zero-order valence-corrected chi connectivity index (χ0v) is 11.9. The number of hydrogen-bond donors (Lipinski definition) is 1. The second kappa shape index (κ2) is 4.44. The van der Waals surface area contributed by atoms with Crippen LogP contribution in [0.2, 0.25) is 0 Å². The minimum atomic E-state index is -0.772. The van der Waals surface area contributed by atoms with Gasteiger partial charge in [-0.25, -0.2) is 14.8 Å². The van der Waals surface area contributed by atoms with E-state index in [1.165, 1.54) is 0 Å². The summed E-state index contributed by atoms with van der Waals surface area (Å²) in [5, 5.41) is 9.36. The Labute approximate surface area is 122 Å². The van der Waals surface area contributed by atoms with E-state index in [0.717, 1.165) is 42.7 Å². The zero-order chi connectivity index (χ0) is 14.6. The maximum atomic E-state index is 11.4. The molecule has 3 atom stereocenters. The normalized spacial score (nSPS) is 28.2. The first kappa shape index (κ1) is 12.6. The third kappa shape index (κ3) is 1.81. The van der Waals surface area contributed by atoms with Gasteiger partial charge in [-0.15, -0.1) is 0 Å². The monoisotopic (exact) mass is 286 g/mol. The predicted molar refractivity (Wildman–Crippen MR) is 77.2 cm³/mol. The van der Waals surface area contributed by atoms with Crippen molar-refractivity contribution in [2.45, 2.75) is 50.7 Å². The van der Waals surface area contributed by atoms with Crippen molar-refractivity contribution < 1.29 is 9.90 Å². The minimum absolute atomic E-state index is 0.145. The first-order valence-electron chi connectivity index (χ1n) is 7.46. The molecule has 1 amide bonds. The number of rotatable bonds is 1. The third-order valence-corrected chi connectivity index (χ3v) is 4.92. The molecule has 2 aromatic rings. The highest BCUT2D eigenvalue weighted by molar-refractivity contribution is 5.71. The Morgan fingerprint density at radius 1 is 1.29 bits per heavy atom. The summed E-state index contributed by atoms with van der Waals surface area (Å²) in [6, 6.07) is 4.47. The van der Waals surface area contributed by atoms with E-state index < -0.39 is 6.09 Å². The number of imidazole rings is 1. The zero-order valence-electron chi connectivity index (χ0n) is 11.9. The average molecular weight is 286 g/mol. The van der Waals surface area contributed by atoms with Crippen molar-refractivity contribution in [2.24, 2.45) is 0 Å². The topological polar surface area (TPSA) is 71.2 Å². The number of aryl methyl sites for hydroxylation is 1. The molecular weight excluding hydrogens is 268 g/mol. The molecule has 2 fully saturated rings. The molecule has 0 aromatic carbocycles. The molecule has 1 N–H and O–H groups in total. The molecule has 4 rings (SSSR count). The van der Waals surface area contributed by atoms with Crippen molar-refractivity contribution >= 4 is 17.3 Å². The van der Waals surface area contributed by atoms with Crippen molar-refractivity contribution in [1.29, 1.82) is 0 Å². The third-order valence-electron chi connectivity index (χ3n) is 4.92. The fraction of sp³-hybridized carbons (Fsp3) is 0.533. The highest BCUT2D eigenvalue weighted by Gasteiger charge is 2.44. The summed E-state index contributed by atoms with van der Waals surface area (Å²) >= 11 is 0. The van der Waals surface area contributed by atoms with Gasteiger partial charge in [0.1, 0.15) is 11.3 Å². The van der Waals surface area contributed by atoms with E-state index in [1.807, 2.05) is 19.1 Å². The van der Waals surface area contributed by atoms with Crippen LogP contribution in [0, 0.1) is 6.92 Å². The van der Waals surface area contributed by atoms with Gasteiger partial charge in [0, 0.05) is 24.3 Å². The van der Waals surface area contributed by atoms with Gasteiger partial charge in [-0.05, 0) is 44.7 Å². The second-order valence-electron chi connectivity index (χ2n) is 6.08. The molecule has 21 heavy (non-hydrogen) atoms. The fourth-order valence-electron chi connectivity index (χ4n) is 4.15. The van der Waals surface area contributed by atoms with Crippen LogP contribution in [-0.4, -0.2) is 42.7 Å². The molecular formula is C15H18N4O2. The average Bonchev–Trinajstić information content (AvgIpc) is 2.92.